The van der Waals surface area contributed by atoms with Crippen LogP contribution in [-0.2, 0) is 0 Å². The largest absolute Gasteiger partial charge is 0.463 e. The second kappa shape index (κ2) is 5.48. The molecule has 1 aromatic heterocycles. The summed E-state index contributed by atoms with van der Waals surface area (Å²) in [6, 6.07) is 1.13. The Morgan fingerprint density at radius 2 is 2.38 bits per heavy atom. The molecule has 1 aliphatic rings. The molecule has 1 aliphatic heterocycles. The smallest absolute Gasteiger partial charge is 0.330 e. The second-order valence-corrected chi connectivity index (χ2v) is 4.98. The zero-order chi connectivity index (χ0) is 11.4. The molecule has 0 radical (unpaired) electrons. The first-order valence-corrected chi connectivity index (χ1v) is 6.81. The monoisotopic (exact) mass is 241 g/mol. The van der Waals surface area contributed by atoms with E-state index in [4.69, 9.17) is 4.74 Å². The lowest BCUT2D eigenvalue weighted by molar-refractivity contribution is 0.296. The van der Waals surface area contributed by atoms with E-state index in [2.05, 4.69) is 28.1 Å². The van der Waals surface area contributed by atoms with Gasteiger partial charge in [0.15, 0.2) is 0 Å². The topological polar surface area (TPSA) is 38.2 Å². The van der Waals surface area contributed by atoms with E-state index in [0.717, 1.165) is 18.1 Å². The van der Waals surface area contributed by atoms with Gasteiger partial charge in [-0.2, -0.15) is 4.98 Å². The standard InChI is InChI=1S/C11H19N3OS/c1-3-8-15-10-12-11(16-13-10)14-7-5-4-6-9(14)2/h9H,3-8H2,1-2H3. The highest BCUT2D eigenvalue weighted by molar-refractivity contribution is 7.09. The van der Waals surface area contributed by atoms with Crippen molar-refractivity contribution in [3.63, 3.8) is 0 Å². The number of hydrogen-bond donors (Lipinski definition) is 0. The number of hydrogen-bond acceptors (Lipinski definition) is 5. The fourth-order valence-electron chi connectivity index (χ4n) is 1.95. The molecule has 5 heteroatoms. The summed E-state index contributed by atoms with van der Waals surface area (Å²) in [5.74, 6) is 0. The Kier molecular flexibility index (Phi) is 3.98. The molecule has 0 aliphatic carbocycles. The van der Waals surface area contributed by atoms with Crippen LogP contribution >= 0.6 is 11.5 Å². The van der Waals surface area contributed by atoms with Crippen molar-refractivity contribution in [3.8, 4) is 6.01 Å². The van der Waals surface area contributed by atoms with Crippen molar-refractivity contribution in [2.24, 2.45) is 0 Å². The Bertz CT molecular complexity index is 329. The van der Waals surface area contributed by atoms with Gasteiger partial charge >= 0.3 is 6.01 Å². The van der Waals surface area contributed by atoms with Gasteiger partial charge in [0.05, 0.1) is 6.61 Å². The maximum absolute atomic E-state index is 5.42. The summed E-state index contributed by atoms with van der Waals surface area (Å²) in [4.78, 5) is 6.78. The van der Waals surface area contributed by atoms with Crippen LogP contribution in [0.25, 0.3) is 0 Å². The van der Waals surface area contributed by atoms with Gasteiger partial charge in [0.1, 0.15) is 0 Å². The molecule has 2 heterocycles. The highest BCUT2D eigenvalue weighted by atomic mass is 32.1. The molecule has 1 unspecified atom stereocenters. The summed E-state index contributed by atoms with van der Waals surface area (Å²) >= 11 is 1.45. The normalized spacial score (nSPS) is 21.1. The Labute approximate surface area is 101 Å². The SMILES string of the molecule is CCCOc1nsc(N2CCCCC2C)n1. The van der Waals surface area contributed by atoms with Gasteiger partial charge < -0.3 is 9.64 Å². The third-order valence-electron chi connectivity index (χ3n) is 2.88. The van der Waals surface area contributed by atoms with E-state index < -0.39 is 0 Å². The summed E-state index contributed by atoms with van der Waals surface area (Å²) in [5, 5.41) is 1.01. The summed E-state index contributed by atoms with van der Waals surface area (Å²) < 4.78 is 9.65. The average molecular weight is 241 g/mol. The van der Waals surface area contributed by atoms with E-state index in [9.17, 15) is 0 Å². The molecule has 0 N–H and O–H groups in total. The molecule has 1 atom stereocenters. The van der Waals surface area contributed by atoms with Crippen LogP contribution in [-0.4, -0.2) is 28.6 Å². The minimum atomic E-state index is 0.541. The van der Waals surface area contributed by atoms with Gasteiger partial charge in [0.25, 0.3) is 0 Å². The second-order valence-electron chi connectivity index (χ2n) is 4.25. The van der Waals surface area contributed by atoms with Crippen LogP contribution < -0.4 is 9.64 Å². The molecule has 0 spiro atoms. The van der Waals surface area contributed by atoms with Crippen LogP contribution in [0.5, 0.6) is 6.01 Å². The van der Waals surface area contributed by atoms with E-state index in [1.807, 2.05) is 0 Å². The van der Waals surface area contributed by atoms with Crippen LogP contribution in [0.4, 0.5) is 5.13 Å². The van der Waals surface area contributed by atoms with Crippen molar-refractivity contribution in [2.45, 2.75) is 45.6 Å². The summed E-state index contributed by atoms with van der Waals surface area (Å²) in [6.45, 7) is 6.14. The first-order chi connectivity index (χ1) is 7.81. The Hall–Kier alpha value is -0.840. The third kappa shape index (κ3) is 2.64. The maximum atomic E-state index is 5.42. The van der Waals surface area contributed by atoms with Crippen molar-refractivity contribution in [1.82, 2.24) is 9.36 Å². The van der Waals surface area contributed by atoms with Gasteiger partial charge in [-0.25, -0.2) is 0 Å². The first-order valence-electron chi connectivity index (χ1n) is 6.04. The molecule has 4 nitrogen and oxygen atoms in total. The molecule has 0 aromatic carbocycles. The molecule has 16 heavy (non-hydrogen) atoms. The number of rotatable bonds is 4. The Balaban J connectivity index is 1.99. The predicted molar refractivity (Wildman–Crippen MR) is 66.4 cm³/mol. The van der Waals surface area contributed by atoms with Gasteiger partial charge in [-0.3, -0.25) is 0 Å². The average Bonchev–Trinajstić information content (AvgIpc) is 2.75. The summed E-state index contributed by atoms with van der Waals surface area (Å²) in [5.41, 5.74) is 0. The van der Waals surface area contributed by atoms with Gasteiger partial charge in [0, 0.05) is 24.1 Å². The molecule has 1 saturated heterocycles. The molecule has 1 aromatic rings. The Morgan fingerprint density at radius 3 is 3.12 bits per heavy atom. The first kappa shape index (κ1) is 11.6. The quantitative estimate of drug-likeness (QED) is 0.812. The third-order valence-corrected chi connectivity index (χ3v) is 3.62. The van der Waals surface area contributed by atoms with E-state index in [-0.39, 0.29) is 0 Å². The van der Waals surface area contributed by atoms with Crippen LogP contribution in [0.2, 0.25) is 0 Å². The number of piperidine rings is 1. The van der Waals surface area contributed by atoms with Crippen molar-refractivity contribution in [2.75, 3.05) is 18.1 Å². The number of aromatic nitrogens is 2. The van der Waals surface area contributed by atoms with Crippen LogP contribution in [0.3, 0.4) is 0 Å². The lowest BCUT2D eigenvalue weighted by atomic mass is 10.1. The van der Waals surface area contributed by atoms with Gasteiger partial charge in [-0.15, -0.1) is 4.37 Å². The zero-order valence-electron chi connectivity index (χ0n) is 9.98. The van der Waals surface area contributed by atoms with Crippen LogP contribution in [0.15, 0.2) is 0 Å². The van der Waals surface area contributed by atoms with Crippen molar-refractivity contribution >= 4 is 16.7 Å². The van der Waals surface area contributed by atoms with Crippen molar-refractivity contribution < 1.29 is 4.74 Å². The van der Waals surface area contributed by atoms with Crippen LogP contribution in [0.1, 0.15) is 39.5 Å². The van der Waals surface area contributed by atoms with Gasteiger partial charge in [-0.05, 0) is 32.6 Å². The predicted octanol–water partition coefficient (Wildman–Crippen LogP) is 2.71. The van der Waals surface area contributed by atoms with Crippen molar-refractivity contribution in [1.29, 1.82) is 0 Å². The van der Waals surface area contributed by atoms with Crippen LogP contribution in [0, 0.1) is 0 Å². The van der Waals surface area contributed by atoms with E-state index >= 15 is 0 Å². The molecule has 0 bridgehead atoms. The number of ether oxygens (including phenoxy) is 1. The molecule has 0 amide bonds. The fourth-order valence-corrected chi connectivity index (χ4v) is 2.70. The fraction of sp³-hybridized carbons (Fsp3) is 0.818. The summed E-state index contributed by atoms with van der Waals surface area (Å²) in [6.07, 6.45) is 4.84. The van der Waals surface area contributed by atoms with E-state index in [0.29, 0.717) is 18.7 Å². The molecular formula is C11H19N3OS. The molecule has 0 saturated carbocycles. The summed E-state index contributed by atoms with van der Waals surface area (Å²) in [7, 11) is 0. The van der Waals surface area contributed by atoms with E-state index in [1.54, 1.807) is 0 Å². The molecule has 90 valence electrons. The Morgan fingerprint density at radius 1 is 1.50 bits per heavy atom. The van der Waals surface area contributed by atoms with Gasteiger partial charge in [0.2, 0.25) is 5.13 Å². The molecule has 1 fully saturated rings. The minimum absolute atomic E-state index is 0.541. The number of nitrogens with zero attached hydrogens (tertiary/aromatic N) is 3. The van der Waals surface area contributed by atoms with Gasteiger partial charge in [-0.1, -0.05) is 6.92 Å². The lowest BCUT2D eigenvalue weighted by Crippen LogP contribution is -2.37. The minimum Gasteiger partial charge on any atom is -0.463 e. The molecule has 2 rings (SSSR count). The number of anilines is 1. The van der Waals surface area contributed by atoms with E-state index in [1.165, 1.54) is 30.8 Å². The zero-order valence-corrected chi connectivity index (χ0v) is 10.8. The highest BCUT2D eigenvalue weighted by Crippen LogP contribution is 2.27. The lowest BCUT2D eigenvalue weighted by Gasteiger charge is -2.32. The molecular weight excluding hydrogens is 222 g/mol. The maximum Gasteiger partial charge on any atom is 0.330 e. The van der Waals surface area contributed by atoms with Crippen molar-refractivity contribution in [3.05, 3.63) is 0 Å². The highest BCUT2D eigenvalue weighted by Gasteiger charge is 2.21.